The minimum atomic E-state index is -4.41. The molecule has 6 aliphatic heterocycles. The number of likely N-dealkylation sites (tertiary alicyclic amines) is 6. The smallest absolute Gasteiger partial charge is 0.416 e. The van der Waals surface area contributed by atoms with E-state index >= 15 is 0 Å². The normalized spacial score (nSPS) is 20.6. The lowest BCUT2D eigenvalue weighted by molar-refractivity contribution is -0.143. The molecule has 6 saturated heterocycles. The number of carboxylic acids is 6. The standard InChI is InChI=1S/3C13H14F3NO2.C13H14N2O2.C12H13Cl2NO2.C12H13F2NO2/c14-13(15,16)10-4-1-3-9(7-10)8-17-6-2-5-11(17)12(18)19;14-13(15,16)10-5-3-9(4-6-10)8-17-7-1-2-11(17)12(18)19;14-13(15,16)10-5-2-1-4-9(10)8-17-7-3-6-11(17)12(18)19;14-8-10-4-1-2-5-11(10)9-15-7-3-6-12(15)13(16)17;2*13-9-4-3-8(6-10(9)14)7-15-5-1-2-11(15)12(16)17/h1,3-4,7,11H,2,5-6,8H2,(H,18,19);3-6,11H,1-2,7-8H2,(H,18,19);1-2,4-5,11H,3,6-8H2,(H,18,19);1-2,4-5,12H,3,6-7,9H2,(H,16,17);2*3-4,6,11H,1-2,5,7H2,(H,16,17)/t3*11-;12-;2*11-/m000000/s1. The third-order valence-corrected chi connectivity index (χ3v) is 19.9. The van der Waals surface area contributed by atoms with Gasteiger partial charge in [-0.2, -0.15) is 44.8 Å². The summed E-state index contributed by atoms with van der Waals surface area (Å²) in [4.78, 5) is 76.8. The van der Waals surface area contributed by atoms with Gasteiger partial charge in [-0.1, -0.05) is 102 Å². The van der Waals surface area contributed by atoms with E-state index in [1.807, 2.05) is 34.1 Å². The van der Waals surface area contributed by atoms with Crippen LogP contribution in [0.4, 0.5) is 48.3 Å². The number of aliphatic carboxylic acids is 6. The van der Waals surface area contributed by atoms with E-state index in [9.17, 15) is 77.1 Å². The van der Waals surface area contributed by atoms with Crippen molar-refractivity contribution < 1.29 is 108 Å². The zero-order valence-corrected chi connectivity index (χ0v) is 59.8. The van der Waals surface area contributed by atoms with Crippen LogP contribution >= 0.6 is 23.2 Å². The second-order valence-corrected chi connectivity index (χ2v) is 27.4. The molecule has 0 amide bonds. The fourth-order valence-electron chi connectivity index (χ4n) is 13.8. The van der Waals surface area contributed by atoms with Crippen LogP contribution in [0.5, 0.6) is 0 Å². The number of hydrogen-bond acceptors (Lipinski definition) is 13. The molecule has 6 atom stereocenters. The Bertz CT molecular complexity index is 4000. The molecule has 32 heteroatoms. The fourth-order valence-corrected chi connectivity index (χ4v) is 14.1. The molecule has 0 saturated carbocycles. The van der Waals surface area contributed by atoms with Gasteiger partial charge in [-0.3, -0.25) is 58.2 Å². The van der Waals surface area contributed by atoms with Gasteiger partial charge in [-0.05, 0) is 204 Å². The van der Waals surface area contributed by atoms with Gasteiger partial charge in [0.1, 0.15) is 36.3 Å². The molecule has 0 radical (unpaired) electrons. The lowest BCUT2D eigenvalue weighted by Gasteiger charge is -2.23. The molecule has 0 aromatic heterocycles. The highest BCUT2D eigenvalue weighted by molar-refractivity contribution is 6.42. The summed E-state index contributed by atoms with van der Waals surface area (Å²) in [5.74, 6) is -6.90. The van der Waals surface area contributed by atoms with Crippen LogP contribution in [0, 0.1) is 23.0 Å². The maximum Gasteiger partial charge on any atom is 0.416 e. The number of nitriles is 1. The van der Waals surface area contributed by atoms with Crippen molar-refractivity contribution in [1.82, 2.24) is 29.4 Å². The Morgan fingerprint density at radius 1 is 0.361 bits per heavy atom. The van der Waals surface area contributed by atoms with Crippen LogP contribution in [0.25, 0.3) is 0 Å². The number of alkyl halides is 9. The Balaban J connectivity index is 0.000000181. The predicted octanol–water partition coefficient (Wildman–Crippen LogP) is 14.9. The van der Waals surface area contributed by atoms with Crippen molar-refractivity contribution >= 4 is 59.0 Å². The SMILES string of the molecule is N#Cc1ccccc1CN1CCC[C@H]1C(=O)O.O=C(O)[C@@H]1CCCN1Cc1ccc(C(F)(F)F)cc1.O=C(O)[C@@H]1CCCN1Cc1ccc(Cl)c(Cl)c1.O=C(O)[C@@H]1CCCN1Cc1ccc(F)c(F)c1.O=C(O)[C@@H]1CCCN1Cc1cccc(C(F)(F)F)c1.O=C(O)[C@@H]1CCCN1Cc1ccccc1C(F)(F)F. The molecule has 6 aromatic carbocycles. The lowest BCUT2D eigenvalue weighted by atomic mass is 10.1. The summed E-state index contributed by atoms with van der Waals surface area (Å²) in [6.45, 7) is 6.18. The first-order chi connectivity index (χ1) is 51.0. The molecule has 584 valence electrons. The van der Waals surface area contributed by atoms with Crippen molar-refractivity contribution in [3.63, 3.8) is 0 Å². The van der Waals surface area contributed by atoms with Crippen LogP contribution < -0.4 is 0 Å². The second-order valence-electron chi connectivity index (χ2n) is 26.6. The van der Waals surface area contributed by atoms with E-state index in [4.69, 9.17) is 59.1 Å². The number of rotatable bonds is 18. The summed E-state index contributed by atoms with van der Waals surface area (Å²) < 4.78 is 139. The Morgan fingerprint density at radius 2 is 0.704 bits per heavy atom. The van der Waals surface area contributed by atoms with Crippen LogP contribution in [0.2, 0.25) is 10.0 Å². The van der Waals surface area contributed by atoms with Gasteiger partial charge >= 0.3 is 54.3 Å². The number of carboxylic acid groups (broad SMARTS) is 6. The Labute approximate surface area is 625 Å². The zero-order valence-electron chi connectivity index (χ0n) is 58.3. The summed E-state index contributed by atoms with van der Waals surface area (Å²) in [6, 6.07) is 30.7. The van der Waals surface area contributed by atoms with Crippen LogP contribution in [0.15, 0.2) is 133 Å². The minimum absolute atomic E-state index is 0.0205. The van der Waals surface area contributed by atoms with E-state index in [0.717, 1.165) is 105 Å². The van der Waals surface area contributed by atoms with Gasteiger partial charge in [0.15, 0.2) is 11.6 Å². The van der Waals surface area contributed by atoms with Crippen molar-refractivity contribution in [3.05, 3.63) is 211 Å². The van der Waals surface area contributed by atoms with E-state index in [-0.39, 0.29) is 24.7 Å². The van der Waals surface area contributed by atoms with E-state index in [2.05, 4.69) is 6.07 Å². The molecule has 6 N–H and O–H groups in total. The van der Waals surface area contributed by atoms with Gasteiger partial charge in [0, 0.05) is 39.3 Å². The molecule has 0 unspecified atom stereocenters. The van der Waals surface area contributed by atoms with Gasteiger partial charge in [-0.25, -0.2) is 8.78 Å². The van der Waals surface area contributed by atoms with Crippen LogP contribution in [-0.4, -0.2) is 171 Å². The minimum Gasteiger partial charge on any atom is -0.480 e. The average molecular weight is 1570 g/mol. The first-order valence-electron chi connectivity index (χ1n) is 34.7. The fraction of sp³-hybridized carbons (Fsp3) is 0.434. The first-order valence-corrected chi connectivity index (χ1v) is 35.4. The van der Waals surface area contributed by atoms with Crippen molar-refractivity contribution in [2.24, 2.45) is 0 Å². The first kappa shape index (κ1) is 86.4. The van der Waals surface area contributed by atoms with Gasteiger partial charge in [-0.15, -0.1) is 0 Å². The molecular weight excluding hydrogens is 1480 g/mol. The van der Waals surface area contributed by atoms with Gasteiger partial charge < -0.3 is 30.6 Å². The zero-order chi connectivity index (χ0) is 79.2. The highest BCUT2D eigenvalue weighted by atomic mass is 35.5. The quantitative estimate of drug-likeness (QED) is 0.0437. The van der Waals surface area contributed by atoms with Crippen molar-refractivity contribution in [2.75, 3.05) is 39.3 Å². The van der Waals surface area contributed by atoms with Crippen LogP contribution in [-0.2, 0) is 86.6 Å². The molecule has 0 aliphatic carbocycles. The van der Waals surface area contributed by atoms with Crippen LogP contribution in [0.1, 0.15) is 133 Å². The Kier molecular flexibility index (Phi) is 32.1. The Hall–Kier alpha value is -8.80. The summed E-state index contributed by atoms with van der Waals surface area (Å²) in [7, 11) is 0. The third-order valence-electron chi connectivity index (χ3n) is 19.1. The third kappa shape index (κ3) is 25.7. The van der Waals surface area contributed by atoms with Gasteiger partial charge in [0.2, 0.25) is 0 Å². The maximum absolute atomic E-state index is 13.0. The number of nitrogens with zero attached hydrogens (tertiary/aromatic N) is 7. The lowest BCUT2D eigenvalue weighted by Crippen LogP contribution is -2.35. The van der Waals surface area contributed by atoms with Crippen molar-refractivity contribution in [1.29, 1.82) is 5.26 Å². The summed E-state index contributed by atoms with van der Waals surface area (Å²) >= 11 is 11.8. The van der Waals surface area contributed by atoms with Crippen molar-refractivity contribution in [3.8, 4) is 6.07 Å². The molecule has 108 heavy (non-hydrogen) atoms. The molecule has 19 nitrogen and oxygen atoms in total. The van der Waals surface area contributed by atoms with Crippen molar-refractivity contribution in [2.45, 2.75) is 171 Å². The maximum atomic E-state index is 13.0. The molecule has 0 bridgehead atoms. The molecule has 12 rings (SSSR count). The van der Waals surface area contributed by atoms with Gasteiger partial charge in [0.05, 0.1) is 38.4 Å². The topological polar surface area (TPSA) is 267 Å². The van der Waals surface area contributed by atoms with Gasteiger partial charge in [0.25, 0.3) is 0 Å². The van der Waals surface area contributed by atoms with E-state index in [0.29, 0.717) is 123 Å². The summed E-state index contributed by atoms with van der Waals surface area (Å²) in [5, 5.41) is 64.2. The van der Waals surface area contributed by atoms with E-state index in [1.54, 1.807) is 43.9 Å². The summed E-state index contributed by atoms with van der Waals surface area (Å²) in [6.07, 6.45) is -4.53. The number of benzene rings is 6. The molecule has 6 aliphatic rings. The second kappa shape index (κ2) is 40.1. The summed E-state index contributed by atoms with van der Waals surface area (Å²) in [5.41, 5.74) is 2.36. The molecule has 0 spiro atoms. The average Bonchev–Trinajstić information content (AvgIpc) is 1.50. The Morgan fingerprint density at radius 3 is 1.08 bits per heavy atom. The number of halogens is 13. The predicted molar refractivity (Wildman–Crippen MR) is 375 cm³/mol. The number of carbonyl (C=O) groups is 6. The number of hydrogen-bond donors (Lipinski definition) is 6. The van der Waals surface area contributed by atoms with E-state index < -0.39 is 113 Å². The van der Waals surface area contributed by atoms with E-state index in [1.165, 1.54) is 42.5 Å². The molecule has 6 heterocycles. The molecule has 6 fully saturated rings. The monoisotopic (exact) mass is 1560 g/mol. The molecule has 6 aromatic rings. The highest BCUT2D eigenvalue weighted by Crippen LogP contribution is 2.36. The molecular formula is C76H82Cl2F11N7O12. The highest BCUT2D eigenvalue weighted by Gasteiger charge is 2.39. The van der Waals surface area contributed by atoms with Crippen LogP contribution in [0.3, 0.4) is 0 Å². The largest absolute Gasteiger partial charge is 0.480 e.